The summed E-state index contributed by atoms with van der Waals surface area (Å²) in [5.74, 6) is 0. The first-order chi connectivity index (χ1) is 7.07. The van der Waals surface area contributed by atoms with Crippen molar-refractivity contribution < 1.29 is 13.2 Å². The van der Waals surface area contributed by atoms with Gasteiger partial charge in [0.1, 0.15) is 0 Å². The zero-order valence-electron chi connectivity index (χ0n) is 7.58. The van der Waals surface area contributed by atoms with Gasteiger partial charge in [-0.15, -0.1) is 0 Å². The van der Waals surface area contributed by atoms with Crippen LogP contribution in [-0.2, 0) is 6.18 Å². The molecule has 0 bridgehead atoms. The van der Waals surface area contributed by atoms with Crippen LogP contribution in [0, 0.1) is 0 Å². The zero-order chi connectivity index (χ0) is 10.9. The van der Waals surface area contributed by atoms with Crippen LogP contribution in [0.4, 0.5) is 13.2 Å². The predicted molar refractivity (Wildman–Crippen MR) is 53.8 cm³/mol. The van der Waals surface area contributed by atoms with Crippen LogP contribution in [0.25, 0.3) is 10.0 Å². The van der Waals surface area contributed by atoms with Gasteiger partial charge >= 0.3 is 90.8 Å². The summed E-state index contributed by atoms with van der Waals surface area (Å²) < 4.78 is 38.3. The average Bonchev–Trinajstić information content (AvgIpc) is 2.69. The molecule has 2 aromatic rings. The van der Waals surface area contributed by atoms with Gasteiger partial charge < -0.3 is 0 Å². The van der Waals surface area contributed by atoms with E-state index >= 15 is 0 Å². The normalized spacial score (nSPS) is 11.7. The van der Waals surface area contributed by atoms with Crippen LogP contribution in [-0.4, -0.2) is 14.5 Å². The molecule has 0 amide bonds. The number of alkyl halides is 3. The van der Waals surface area contributed by atoms with Gasteiger partial charge in [0.2, 0.25) is 0 Å². The van der Waals surface area contributed by atoms with Gasteiger partial charge in [-0.1, -0.05) is 0 Å². The molecule has 78 valence electrons. The van der Waals surface area contributed by atoms with E-state index in [1.807, 2.05) is 17.1 Å². The molecular formula is C11H7F3Se. The third kappa shape index (κ3) is 2.33. The summed E-state index contributed by atoms with van der Waals surface area (Å²) in [7, 11) is 0. The molecule has 1 aromatic heterocycles. The molecule has 0 aliphatic carbocycles. The van der Waals surface area contributed by atoms with E-state index in [0.717, 1.165) is 10.5 Å². The van der Waals surface area contributed by atoms with Crippen LogP contribution < -0.4 is 0 Å². The Morgan fingerprint density at radius 3 is 2.40 bits per heavy atom. The fraction of sp³-hybridized carbons (Fsp3) is 0.0909. The van der Waals surface area contributed by atoms with Crippen molar-refractivity contribution in [3.05, 3.63) is 46.9 Å². The quantitative estimate of drug-likeness (QED) is 0.699. The molecule has 0 atom stereocenters. The average molecular weight is 275 g/mol. The topological polar surface area (TPSA) is 0 Å². The summed E-state index contributed by atoms with van der Waals surface area (Å²) >= 11 is 0.171. The van der Waals surface area contributed by atoms with Crippen molar-refractivity contribution in [1.82, 2.24) is 0 Å². The van der Waals surface area contributed by atoms with E-state index in [1.54, 1.807) is 6.07 Å². The van der Waals surface area contributed by atoms with E-state index in [4.69, 9.17) is 0 Å². The van der Waals surface area contributed by atoms with Gasteiger partial charge in [-0.05, 0) is 0 Å². The monoisotopic (exact) mass is 276 g/mol. The SMILES string of the molecule is FC(F)(F)c1cccc(-c2ccc[se]2)c1. The molecular weight excluding hydrogens is 268 g/mol. The number of benzene rings is 1. The summed E-state index contributed by atoms with van der Waals surface area (Å²) in [5, 5.41) is 0. The number of hydrogen-bond acceptors (Lipinski definition) is 0. The molecule has 0 saturated carbocycles. The third-order valence-corrected chi connectivity index (χ3v) is 3.92. The Balaban J connectivity index is 2.44. The first-order valence-electron chi connectivity index (χ1n) is 4.28. The molecule has 1 aromatic carbocycles. The first-order valence-corrected chi connectivity index (χ1v) is 6.13. The van der Waals surface area contributed by atoms with E-state index in [1.165, 1.54) is 12.1 Å². The standard InChI is InChI=1S/C11H7F3Se/c12-11(13,14)9-4-1-3-8(7-9)10-5-2-6-15-10/h1-7H. The first kappa shape index (κ1) is 10.5. The molecule has 0 radical (unpaired) electrons. The molecule has 0 spiro atoms. The summed E-state index contributed by atoms with van der Waals surface area (Å²) in [5.41, 5.74) is 0.0958. The Kier molecular flexibility index (Phi) is 2.72. The van der Waals surface area contributed by atoms with Gasteiger partial charge in [-0.3, -0.25) is 0 Å². The van der Waals surface area contributed by atoms with Crippen LogP contribution in [0.3, 0.4) is 0 Å². The van der Waals surface area contributed by atoms with Crippen molar-refractivity contribution in [3.8, 4) is 10.0 Å². The molecule has 15 heavy (non-hydrogen) atoms. The second kappa shape index (κ2) is 3.87. The van der Waals surface area contributed by atoms with Gasteiger partial charge in [-0.25, -0.2) is 0 Å². The van der Waals surface area contributed by atoms with E-state index in [9.17, 15) is 13.2 Å². The molecule has 0 nitrogen and oxygen atoms in total. The Bertz CT molecular complexity index is 443. The molecule has 4 heteroatoms. The Morgan fingerprint density at radius 1 is 1.00 bits per heavy atom. The van der Waals surface area contributed by atoms with Gasteiger partial charge in [0.15, 0.2) is 0 Å². The third-order valence-electron chi connectivity index (χ3n) is 2.00. The summed E-state index contributed by atoms with van der Waals surface area (Å²) in [6.07, 6.45) is -4.25. The fourth-order valence-corrected chi connectivity index (χ4v) is 2.81. The molecule has 0 unspecified atom stereocenters. The second-order valence-corrected chi connectivity index (χ2v) is 5.04. The molecule has 0 aliphatic rings. The summed E-state index contributed by atoms with van der Waals surface area (Å²) in [6, 6.07) is 9.23. The molecule has 2 rings (SSSR count). The molecule has 0 N–H and O–H groups in total. The summed E-state index contributed by atoms with van der Waals surface area (Å²) in [4.78, 5) is 1.99. The van der Waals surface area contributed by atoms with Gasteiger partial charge in [0.05, 0.1) is 0 Å². The van der Waals surface area contributed by atoms with Crippen LogP contribution in [0.15, 0.2) is 41.3 Å². The number of hydrogen-bond donors (Lipinski definition) is 0. The van der Waals surface area contributed by atoms with Gasteiger partial charge in [0, 0.05) is 0 Å². The van der Waals surface area contributed by atoms with E-state index < -0.39 is 11.7 Å². The van der Waals surface area contributed by atoms with Gasteiger partial charge in [-0.2, -0.15) is 0 Å². The van der Waals surface area contributed by atoms with E-state index in [0.29, 0.717) is 5.56 Å². The van der Waals surface area contributed by atoms with Crippen molar-refractivity contribution >= 4 is 14.5 Å². The van der Waals surface area contributed by atoms with Crippen molar-refractivity contribution in [3.63, 3.8) is 0 Å². The minimum atomic E-state index is -4.25. The minimum absolute atomic E-state index is 0.171. The number of rotatable bonds is 1. The number of halogens is 3. The van der Waals surface area contributed by atoms with Crippen molar-refractivity contribution in [2.45, 2.75) is 6.18 Å². The zero-order valence-corrected chi connectivity index (χ0v) is 9.30. The molecule has 0 saturated heterocycles. The Morgan fingerprint density at radius 2 is 1.80 bits per heavy atom. The maximum atomic E-state index is 12.4. The van der Waals surface area contributed by atoms with Crippen molar-refractivity contribution in [2.75, 3.05) is 0 Å². The summed E-state index contributed by atoms with van der Waals surface area (Å²) in [6.45, 7) is 0. The van der Waals surface area contributed by atoms with Crippen molar-refractivity contribution in [1.29, 1.82) is 0 Å². The predicted octanol–water partition coefficient (Wildman–Crippen LogP) is 3.43. The molecule has 0 fully saturated rings. The molecule has 1 heterocycles. The molecule has 0 aliphatic heterocycles. The van der Waals surface area contributed by atoms with Crippen molar-refractivity contribution in [2.24, 2.45) is 0 Å². The van der Waals surface area contributed by atoms with Crippen LogP contribution in [0.2, 0.25) is 0 Å². The Labute approximate surface area is 91.1 Å². The van der Waals surface area contributed by atoms with Crippen LogP contribution in [0.1, 0.15) is 5.56 Å². The van der Waals surface area contributed by atoms with Gasteiger partial charge in [0.25, 0.3) is 0 Å². The maximum absolute atomic E-state index is 12.4. The van der Waals surface area contributed by atoms with Crippen LogP contribution in [0.5, 0.6) is 0 Å². The van der Waals surface area contributed by atoms with Crippen LogP contribution >= 0.6 is 0 Å². The second-order valence-electron chi connectivity index (χ2n) is 3.06. The Hall–Kier alpha value is -0.991. The van der Waals surface area contributed by atoms with E-state index in [2.05, 4.69) is 0 Å². The fourth-order valence-electron chi connectivity index (χ4n) is 1.29. The van der Waals surface area contributed by atoms with E-state index in [-0.39, 0.29) is 14.5 Å².